The smallest absolute Gasteiger partial charge is 0.267 e. The Morgan fingerprint density at radius 1 is 0.565 bits per heavy atom. The molecule has 4 aromatic carbocycles. The quantitative estimate of drug-likeness (QED) is 0.188. The lowest BCUT2D eigenvalue weighted by atomic mass is 9.94. The summed E-state index contributed by atoms with van der Waals surface area (Å²) >= 11 is 17.9. The number of hydrogen-bond acceptors (Lipinski definition) is 4. The van der Waals surface area contributed by atoms with Gasteiger partial charge in [-0.1, -0.05) is 59.1 Å². The maximum atomic E-state index is 14.2. The SMILES string of the molecule is Cc1n[nH]c(=O)c(-c2cc(F)ccc2F)c1-c1ccc(Cl)cc1.Cc1nnc(Cl)c(-c2cc(F)ccc2F)c1-c1ccc(Cl)cc1. The van der Waals surface area contributed by atoms with Gasteiger partial charge in [-0.3, -0.25) is 4.79 Å². The minimum absolute atomic E-state index is 0.00468. The van der Waals surface area contributed by atoms with Gasteiger partial charge in [-0.2, -0.15) is 10.2 Å². The number of aromatic amines is 1. The van der Waals surface area contributed by atoms with Crippen molar-refractivity contribution < 1.29 is 17.6 Å². The molecule has 2 heterocycles. The molecule has 6 rings (SSSR count). The van der Waals surface area contributed by atoms with E-state index >= 15 is 0 Å². The Bertz CT molecular complexity index is 2120. The van der Waals surface area contributed by atoms with Crippen LogP contribution in [0, 0.1) is 37.1 Å². The molecule has 46 heavy (non-hydrogen) atoms. The van der Waals surface area contributed by atoms with Gasteiger partial charge in [-0.15, -0.1) is 5.10 Å². The van der Waals surface area contributed by atoms with E-state index in [9.17, 15) is 22.4 Å². The van der Waals surface area contributed by atoms with Crippen LogP contribution >= 0.6 is 34.8 Å². The third-order valence-corrected chi connectivity index (χ3v) is 7.70. The van der Waals surface area contributed by atoms with Gasteiger partial charge in [0, 0.05) is 37.9 Å². The summed E-state index contributed by atoms with van der Waals surface area (Å²) in [7, 11) is 0. The van der Waals surface area contributed by atoms with Gasteiger partial charge in [0.15, 0.2) is 5.15 Å². The number of hydrogen-bond donors (Lipinski definition) is 1. The summed E-state index contributed by atoms with van der Waals surface area (Å²) in [4.78, 5) is 12.3. The van der Waals surface area contributed by atoms with Gasteiger partial charge in [-0.05, 0) is 85.6 Å². The van der Waals surface area contributed by atoms with Gasteiger partial charge in [0.2, 0.25) is 0 Å². The van der Waals surface area contributed by atoms with Crippen molar-refractivity contribution in [1.29, 1.82) is 0 Å². The van der Waals surface area contributed by atoms with Crippen molar-refractivity contribution in [2.45, 2.75) is 13.8 Å². The lowest BCUT2D eigenvalue weighted by molar-refractivity contribution is 0.603. The van der Waals surface area contributed by atoms with Crippen LogP contribution in [0.15, 0.2) is 89.7 Å². The van der Waals surface area contributed by atoms with E-state index in [-0.39, 0.29) is 21.8 Å². The summed E-state index contributed by atoms with van der Waals surface area (Å²) in [5.74, 6) is -2.46. The number of nitrogens with one attached hydrogen (secondary N) is 1. The van der Waals surface area contributed by atoms with E-state index in [0.717, 1.165) is 42.0 Å². The summed E-state index contributed by atoms with van der Waals surface area (Å²) in [6, 6.07) is 19.9. The first-order valence-electron chi connectivity index (χ1n) is 13.5. The molecular weight excluding hydrogens is 663 g/mol. The molecule has 5 nitrogen and oxygen atoms in total. The van der Waals surface area contributed by atoms with Crippen LogP contribution < -0.4 is 5.56 Å². The predicted molar refractivity (Wildman–Crippen MR) is 173 cm³/mol. The molecule has 6 aromatic rings. The Kier molecular flexibility index (Phi) is 9.86. The summed E-state index contributed by atoms with van der Waals surface area (Å²) in [6.07, 6.45) is 0. The van der Waals surface area contributed by atoms with Crippen LogP contribution in [0.3, 0.4) is 0 Å². The number of aryl methyl sites for hydroxylation is 2. The summed E-state index contributed by atoms with van der Waals surface area (Å²) in [5, 5.41) is 15.2. The van der Waals surface area contributed by atoms with Gasteiger partial charge in [0.05, 0.1) is 17.0 Å². The number of rotatable bonds is 4. The van der Waals surface area contributed by atoms with Crippen LogP contribution in [-0.2, 0) is 0 Å². The molecule has 0 aliphatic rings. The van der Waals surface area contributed by atoms with E-state index in [1.165, 1.54) is 0 Å². The lowest BCUT2D eigenvalue weighted by Crippen LogP contribution is -2.15. The van der Waals surface area contributed by atoms with Crippen molar-refractivity contribution in [2.75, 3.05) is 0 Å². The molecule has 0 unspecified atom stereocenters. The highest BCUT2D eigenvalue weighted by molar-refractivity contribution is 6.33. The standard InChI is InChI=1S/C17H10Cl2F2N2.C17H11ClF2N2O/c1-9-15(10-2-4-11(18)5-3-10)16(17(19)23-22-9)13-8-12(20)6-7-14(13)21;1-9-15(10-2-4-11(18)5-3-10)16(17(23)22-21-9)13-8-12(19)6-7-14(13)20/h2-8H,1H3;2-8H,1H3,(H,22,23). The highest BCUT2D eigenvalue weighted by Crippen LogP contribution is 2.39. The Balaban J connectivity index is 0.000000181. The first kappa shape index (κ1) is 32.8. The molecule has 0 aliphatic carbocycles. The van der Waals surface area contributed by atoms with Crippen LogP contribution in [-0.4, -0.2) is 20.4 Å². The maximum absolute atomic E-state index is 14.2. The van der Waals surface area contributed by atoms with E-state index < -0.39 is 28.8 Å². The van der Waals surface area contributed by atoms with E-state index in [2.05, 4.69) is 20.4 Å². The van der Waals surface area contributed by atoms with E-state index in [0.29, 0.717) is 43.7 Å². The van der Waals surface area contributed by atoms with Gasteiger partial charge < -0.3 is 0 Å². The zero-order valence-electron chi connectivity index (χ0n) is 24.0. The molecule has 232 valence electrons. The Hall–Kier alpha value is -4.57. The van der Waals surface area contributed by atoms with Crippen molar-refractivity contribution in [3.63, 3.8) is 0 Å². The number of H-pyrrole nitrogens is 1. The second kappa shape index (κ2) is 13.8. The van der Waals surface area contributed by atoms with Crippen molar-refractivity contribution in [3.05, 3.63) is 145 Å². The number of nitrogens with zero attached hydrogens (tertiary/aromatic N) is 3. The van der Waals surface area contributed by atoms with Crippen molar-refractivity contribution in [3.8, 4) is 44.5 Å². The fraction of sp³-hybridized carbons (Fsp3) is 0.0588. The summed E-state index contributed by atoms with van der Waals surface area (Å²) < 4.78 is 55.5. The van der Waals surface area contributed by atoms with Gasteiger partial charge in [0.1, 0.15) is 23.3 Å². The van der Waals surface area contributed by atoms with E-state index in [1.54, 1.807) is 62.4 Å². The molecule has 0 radical (unpaired) electrons. The van der Waals surface area contributed by atoms with Crippen LogP contribution in [0.2, 0.25) is 15.2 Å². The van der Waals surface area contributed by atoms with Gasteiger partial charge in [0.25, 0.3) is 5.56 Å². The normalized spacial score (nSPS) is 10.8. The molecular formula is C34H21Cl3F4N4O. The molecule has 0 bridgehead atoms. The van der Waals surface area contributed by atoms with Crippen molar-refractivity contribution >= 4 is 34.8 Å². The average molecular weight is 684 g/mol. The number of aromatic nitrogens is 4. The second-order valence-electron chi connectivity index (χ2n) is 9.98. The molecule has 12 heteroatoms. The van der Waals surface area contributed by atoms with Crippen LogP contribution in [0.25, 0.3) is 44.5 Å². The molecule has 0 atom stereocenters. The monoisotopic (exact) mass is 682 g/mol. The van der Waals surface area contributed by atoms with Crippen molar-refractivity contribution in [2.24, 2.45) is 0 Å². The largest absolute Gasteiger partial charge is 0.272 e. The van der Waals surface area contributed by atoms with Crippen LogP contribution in [0.4, 0.5) is 17.6 Å². The molecule has 0 saturated carbocycles. The molecule has 1 N–H and O–H groups in total. The fourth-order valence-electron chi connectivity index (χ4n) is 4.86. The minimum Gasteiger partial charge on any atom is -0.267 e. The Morgan fingerprint density at radius 2 is 1.02 bits per heavy atom. The zero-order valence-corrected chi connectivity index (χ0v) is 26.2. The van der Waals surface area contributed by atoms with E-state index in [1.807, 2.05) is 0 Å². The van der Waals surface area contributed by atoms with Crippen LogP contribution in [0.5, 0.6) is 0 Å². The summed E-state index contributed by atoms with van der Waals surface area (Å²) in [6.45, 7) is 3.41. The van der Waals surface area contributed by atoms with E-state index in [4.69, 9.17) is 34.8 Å². The van der Waals surface area contributed by atoms with Crippen molar-refractivity contribution in [1.82, 2.24) is 20.4 Å². The highest BCUT2D eigenvalue weighted by Gasteiger charge is 2.21. The third kappa shape index (κ3) is 6.97. The minimum atomic E-state index is -0.683. The van der Waals surface area contributed by atoms with Crippen LogP contribution in [0.1, 0.15) is 11.4 Å². The molecule has 0 saturated heterocycles. The molecule has 0 aliphatic heterocycles. The number of halogens is 7. The summed E-state index contributed by atoms with van der Waals surface area (Å²) in [5.41, 5.74) is 3.13. The third-order valence-electron chi connectivity index (χ3n) is 6.93. The topological polar surface area (TPSA) is 71.5 Å². The molecule has 0 spiro atoms. The number of benzene rings is 4. The lowest BCUT2D eigenvalue weighted by Gasteiger charge is -2.14. The first-order chi connectivity index (χ1) is 21.9. The Labute approximate surface area is 275 Å². The highest BCUT2D eigenvalue weighted by atomic mass is 35.5. The average Bonchev–Trinajstić information content (AvgIpc) is 3.03. The molecule has 0 fully saturated rings. The Morgan fingerprint density at radius 3 is 1.52 bits per heavy atom. The van der Waals surface area contributed by atoms with Gasteiger partial charge >= 0.3 is 0 Å². The van der Waals surface area contributed by atoms with Gasteiger partial charge in [-0.25, -0.2) is 22.7 Å². The first-order valence-corrected chi connectivity index (χ1v) is 14.6. The zero-order chi connectivity index (χ0) is 33.1. The molecule has 0 amide bonds. The fourth-order valence-corrected chi connectivity index (χ4v) is 5.35. The second-order valence-corrected chi connectivity index (χ2v) is 11.2. The maximum Gasteiger partial charge on any atom is 0.272 e. The molecule has 2 aromatic heterocycles. The predicted octanol–water partition coefficient (Wildman–Crippen LogP) is 10.0.